The molecule has 1 saturated carbocycles. The maximum Gasteiger partial charge on any atom is 0.221 e. The second-order valence-corrected chi connectivity index (χ2v) is 7.38. The normalized spacial score (nSPS) is 29.9. The summed E-state index contributed by atoms with van der Waals surface area (Å²) in [6, 6.07) is -0.160. The van der Waals surface area contributed by atoms with Crippen molar-refractivity contribution in [2.45, 2.75) is 71.4 Å². The summed E-state index contributed by atoms with van der Waals surface area (Å²) >= 11 is 0. The first-order valence-corrected chi connectivity index (χ1v) is 7.37. The smallest absolute Gasteiger partial charge is 0.221 e. The molecular formula is C15H30N2O2. The van der Waals surface area contributed by atoms with Crippen molar-refractivity contribution in [3.8, 4) is 0 Å². The van der Waals surface area contributed by atoms with Crippen molar-refractivity contribution in [1.29, 1.82) is 0 Å². The molecule has 4 N–H and O–H groups in total. The van der Waals surface area contributed by atoms with Crippen molar-refractivity contribution in [3.05, 3.63) is 0 Å². The fourth-order valence-corrected chi connectivity index (χ4v) is 2.63. The Morgan fingerprint density at radius 1 is 1.53 bits per heavy atom. The van der Waals surface area contributed by atoms with Gasteiger partial charge in [-0.25, -0.2) is 0 Å². The Hall–Kier alpha value is -0.610. The molecule has 0 spiro atoms. The molecular weight excluding hydrogens is 240 g/mol. The van der Waals surface area contributed by atoms with E-state index >= 15 is 0 Å². The number of amides is 1. The number of rotatable bonds is 4. The first-order valence-electron chi connectivity index (χ1n) is 7.37. The van der Waals surface area contributed by atoms with Crippen LogP contribution in [0.5, 0.6) is 0 Å². The van der Waals surface area contributed by atoms with Crippen LogP contribution in [0.15, 0.2) is 0 Å². The molecule has 112 valence electrons. The van der Waals surface area contributed by atoms with E-state index in [1.54, 1.807) is 0 Å². The summed E-state index contributed by atoms with van der Waals surface area (Å²) in [5, 5.41) is 13.3. The third-order valence-corrected chi connectivity index (χ3v) is 4.20. The molecule has 0 heterocycles. The van der Waals surface area contributed by atoms with Gasteiger partial charge in [0.2, 0.25) is 5.91 Å². The Kier molecular flexibility index (Phi) is 5.39. The van der Waals surface area contributed by atoms with Gasteiger partial charge in [-0.15, -0.1) is 0 Å². The lowest BCUT2D eigenvalue weighted by molar-refractivity contribution is -0.123. The van der Waals surface area contributed by atoms with Crippen LogP contribution in [0.1, 0.15) is 59.8 Å². The van der Waals surface area contributed by atoms with E-state index in [0.717, 1.165) is 19.3 Å². The van der Waals surface area contributed by atoms with Crippen molar-refractivity contribution in [1.82, 2.24) is 5.32 Å². The number of carbonyl (C=O) groups is 1. The zero-order valence-electron chi connectivity index (χ0n) is 12.8. The predicted octanol–water partition coefficient (Wildman–Crippen LogP) is 1.81. The Morgan fingerprint density at radius 3 is 2.68 bits per heavy atom. The summed E-state index contributed by atoms with van der Waals surface area (Å²) in [5.41, 5.74) is 5.19. The highest BCUT2D eigenvalue weighted by atomic mass is 16.3. The quantitative estimate of drug-likeness (QED) is 0.729. The first kappa shape index (κ1) is 16.4. The van der Waals surface area contributed by atoms with Crippen LogP contribution in [0.2, 0.25) is 0 Å². The van der Waals surface area contributed by atoms with E-state index in [1.807, 2.05) is 20.8 Å². The fraction of sp³-hybridized carbons (Fsp3) is 0.933. The molecule has 1 fully saturated rings. The number of nitrogens with one attached hydrogen (secondary N) is 1. The Labute approximate surface area is 117 Å². The van der Waals surface area contributed by atoms with E-state index in [1.165, 1.54) is 6.42 Å². The lowest BCUT2D eigenvalue weighted by Crippen LogP contribution is -2.47. The number of hydrogen-bond acceptors (Lipinski definition) is 3. The summed E-state index contributed by atoms with van der Waals surface area (Å²) in [7, 11) is 0. The number of carbonyl (C=O) groups excluding carboxylic acids is 1. The third-order valence-electron chi connectivity index (χ3n) is 4.20. The van der Waals surface area contributed by atoms with Gasteiger partial charge in [-0.05, 0) is 24.2 Å². The average Bonchev–Trinajstić information content (AvgIpc) is 2.25. The summed E-state index contributed by atoms with van der Waals surface area (Å²) in [5.74, 6) is 0.474. The van der Waals surface area contributed by atoms with Gasteiger partial charge in [-0.2, -0.15) is 0 Å². The summed E-state index contributed by atoms with van der Waals surface area (Å²) in [6.07, 6.45) is 4.08. The van der Waals surface area contributed by atoms with Gasteiger partial charge < -0.3 is 16.2 Å². The van der Waals surface area contributed by atoms with Crippen molar-refractivity contribution in [2.24, 2.45) is 17.1 Å². The molecule has 0 aromatic rings. The second kappa shape index (κ2) is 6.23. The highest BCUT2D eigenvalue weighted by Crippen LogP contribution is 2.31. The van der Waals surface area contributed by atoms with Crippen LogP contribution < -0.4 is 11.1 Å². The zero-order valence-corrected chi connectivity index (χ0v) is 12.8. The molecule has 3 atom stereocenters. The standard InChI is InChI=1S/C15H30N2O2/c1-11-6-5-7-15(19,9-11)10-17-13(18)8-12(16)14(2,3)4/h11-12,19H,5-10,16H2,1-4H3,(H,17,18). The minimum atomic E-state index is -0.723. The van der Waals surface area contributed by atoms with E-state index < -0.39 is 5.60 Å². The van der Waals surface area contributed by atoms with Gasteiger partial charge in [0.05, 0.1) is 5.60 Å². The highest BCUT2D eigenvalue weighted by molar-refractivity contribution is 5.76. The SMILES string of the molecule is CC1CCCC(O)(CNC(=O)CC(N)C(C)(C)C)C1. The first-order chi connectivity index (χ1) is 8.62. The Bertz CT molecular complexity index is 312. The molecule has 1 amide bonds. The van der Waals surface area contributed by atoms with Gasteiger partial charge in [-0.3, -0.25) is 4.79 Å². The molecule has 19 heavy (non-hydrogen) atoms. The van der Waals surface area contributed by atoms with Crippen molar-refractivity contribution in [2.75, 3.05) is 6.54 Å². The topological polar surface area (TPSA) is 75.3 Å². The number of aliphatic hydroxyl groups is 1. The van der Waals surface area contributed by atoms with E-state index in [2.05, 4.69) is 12.2 Å². The number of nitrogens with two attached hydrogens (primary N) is 1. The molecule has 4 nitrogen and oxygen atoms in total. The van der Waals surface area contributed by atoms with Crippen molar-refractivity contribution in [3.63, 3.8) is 0 Å². The van der Waals surface area contributed by atoms with Gasteiger partial charge in [0.15, 0.2) is 0 Å². The minimum Gasteiger partial charge on any atom is -0.388 e. The number of hydrogen-bond donors (Lipinski definition) is 3. The van der Waals surface area contributed by atoms with Crippen LogP contribution in [0.3, 0.4) is 0 Å². The highest BCUT2D eigenvalue weighted by Gasteiger charge is 2.33. The van der Waals surface area contributed by atoms with Crippen LogP contribution >= 0.6 is 0 Å². The van der Waals surface area contributed by atoms with E-state index in [9.17, 15) is 9.90 Å². The lowest BCUT2D eigenvalue weighted by atomic mass is 9.79. The van der Waals surface area contributed by atoms with Gasteiger partial charge in [0.1, 0.15) is 0 Å². The molecule has 1 rings (SSSR count). The van der Waals surface area contributed by atoms with Crippen LogP contribution in [0.25, 0.3) is 0 Å². The van der Waals surface area contributed by atoms with Crippen molar-refractivity contribution < 1.29 is 9.90 Å². The Balaban J connectivity index is 2.37. The maximum absolute atomic E-state index is 11.9. The molecule has 3 unspecified atom stereocenters. The molecule has 1 aliphatic rings. The molecule has 0 aliphatic heterocycles. The lowest BCUT2D eigenvalue weighted by Gasteiger charge is -2.36. The molecule has 0 aromatic heterocycles. The summed E-state index contributed by atoms with van der Waals surface area (Å²) in [6.45, 7) is 8.60. The monoisotopic (exact) mass is 270 g/mol. The largest absolute Gasteiger partial charge is 0.388 e. The minimum absolute atomic E-state index is 0.0610. The van der Waals surface area contributed by atoms with Crippen LogP contribution in [-0.4, -0.2) is 29.2 Å². The molecule has 0 aromatic carbocycles. The molecule has 4 heteroatoms. The summed E-state index contributed by atoms with van der Waals surface area (Å²) in [4.78, 5) is 11.9. The van der Waals surface area contributed by atoms with Crippen LogP contribution in [0, 0.1) is 11.3 Å². The molecule has 0 radical (unpaired) electrons. The van der Waals surface area contributed by atoms with Gasteiger partial charge in [0, 0.05) is 19.0 Å². The van der Waals surface area contributed by atoms with E-state index in [0.29, 0.717) is 18.9 Å². The molecule has 0 bridgehead atoms. The zero-order chi connectivity index (χ0) is 14.7. The molecule has 0 saturated heterocycles. The average molecular weight is 270 g/mol. The van der Waals surface area contributed by atoms with E-state index in [4.69, 9.17) is 5.73 Å². The maximum atomic E-state index is 11.9. The van der Waals surface area contributed by atoms with Crippen LogP contribution in [-0.2, 0) is 4.79 Å². The van der Waals surface area contributed by atoms with Gasteiger partial charge in [0.25, 0.3) is 0 Å². The fourth-order valence-electron chi connectivity index (χ4n) is 2.63. The van der Waals surface area contributed by atoms with E-state index in [-0.39, 0.29) is 17.4 Å². The summed E-state index contributed by atoms with van der Waals surface area (Å²) < 4.78 is 0. The van der Waals surface area contributed by atoms with Crippen LogP contribution in [0.4, 0.5) is 0 Å². The molecule has 1 aliphatic carbocycles. The van der Waals surface area contributed by atoms with Gasteiger partial charge in [-0.1, -0.05) is 40.5 Å². The van der Waals surface area contributed by atoms with Gasteiger partial charge >= 0.3 is 0 Å². The predicted molar refractivity (Wildman–Crippen MR) is 77.6 cm³/mol. The Morgan fingerprint density at radius 2 is 2.16 bits per heavy atom. The third kappa shape index (κ3) is 5.49. The second-order valence-electron chi connectivity index (χ2n) is 7.38. The van der Waals surface area contributed by atoms with Crippen molar-refractivity contribution >= 4 is 5.91 Å².